The summed E-state index contributed by atoms with van der Waals surface area (Å²) in [7, 11) is 1.73. The lowest BCUT2D eigenvalue weighted by Crippen LogP contribution is -2.51. The molecule has 1 aromatic rings. The van der Waals surface area contributed by atoms with E-state index in [0.717, 1.165) is 24.9 Å². The molecule has 2 unspecified atom stereocenters. The minimum atomic E-state index is 0. The number of ether oxygens (including phenoxy) is 1. The van der Waals surface area contributed by atoms with Crippen molar-refractivity contribution in [2.24, 2.45) is 5.73 Å². The molecule has 2 rings (SSSR count). The second-order valence-electron chi connectivity index (χ2n) is 5.65. The number of methoxy groups -OCH3 is 1. The van der Waals surface area contributed by atoms with E-state index in [2.05, 4.69) is 10.2 Å². The molecule has 0 bridgehead atoms. The van der Waals surface area contributed by atoms with E-state index in [1.807, 2.05) is 24.3 Å². The number of carbonyl (C=O) groups is 1. The number of nitrogens with one attached hydrogen (secondary N) is 1. The first-order chi connectivity index (χ1) is 10.6. The molecule has 130 valence electrons. The Morgan fingerprint density at radius 3 is 2.74 bits per heavy atom. The molecule has 2 atom stereocenters. The lowest BCUT2D eigenvalue weighted by atomic mass is 9.99. The van der Waals surface area contributed by atoms with E-state index >= 15 is 0 Å². The van der Waals surface area contributed by atoms with E-state index in [9.17, 15) is 4.79 Å². The number of benzene rings is 1. The molecule has 0 aromatic heterocycles. The largest absolute Gasteiger partial charge is 0.381 e. The number of likely N-dealkylation sites (tertiary alicyclic amines) is 1. The highest BCUT2D eigenvalue weighted by Gasteiger charge is 2.28. The lowest BCUT2D eigenvalue weighted by molar-refractivity contribution is -0.124. The van der Waals surface area contributed by atoms with Crippen LogP contribution >= 0.6 is 24.0 Å². The number of rotatable bonds is 6. The first-order valence-electron chi connectivity index (χ1n) is 7.60. The molecule has 0 saturated carbocycles. The second kappa shape index (κ2) is 10.1. The predicted octanol–water partition coefficient (Wildman–Crippen LogP) is 1.82. The summed E-state index contributed by atoms with van der Waals surface area (Å²) >= 11 is 5.84. The molecule has 5 nitrogen and oxygen atoms in total. The number of halogens is 2. The van der Waals surface area contributed by atoms with Crippen molar-refractivity contribution in [3.05, 3.63) is 34.9 Å². The Morgan fingerprint density at radius 2 is 2.13 bits per heavy atom. The Morgan fingerprint density at radius 1 is 1.43 bits per heavy atom. The van der Waals surface area contributed by atoms with Crippen molar-refractivity contribution in [3.8, 4) is 0 Å². The number of piperidine rings is 1. The van der Waals surface area contributed by atoms with Crippen LogP contribution in [0.15, 0.2) is 24.3 Å². The van der Waals surface area contributed by atoms with Crippen LogP contribution < -0.4 is 11.1 Å². The Bertz CT molecular complexity index is 485. The van der Waals surface area contributed by atoms with Gasteiger partial charge in [-0.15, -0.1) is 12.4 Å². The van der Waals surface area contributed by atoms with Gasteiger partial charge >= 0.3 is 0 Å². The number of nitrogens with zero attached hydrogens (tertiary/aromatic N) is 1. The molecule has 1 aliphatic rings. The first-order valence-corrected chi connectivity index (χ1v) is 7.98. The number of hydrogen-bond acceptors (Lipinski definition) is 4. The van der Waals surface area contributed by atoms with E-state index in [4.69, 9.17) is 22.1 Å². The highest BCUT2D eigenvalue weighted by Crippen LogP contribution is 2.18. The van der Waals surface area contributed by atoms with Gasteiger partial charge < -0.3 is 15.8 Å². The van der Waals surface area contributed by atoms with E-state index in [-0.39, 0.29) is 30.5 Å². The fourth-order valence-corrected chi connectivity index (χ4v) is 2.90. The van der Waals surface area contributed by atoms with E-state index in [1.165, 1.54) is 0 Å². The van der Waals surface area contributed by atoms with Crippen LogP contribution in [0, 0.1) is 0 Å². The molecule has 1 fully saturated rings. The minimum Gasteiger partial charge on any atom is -0.381 e. The van der Waals surface area contributed by atoms with E-state index in [1.54, 1.807) is 7.11 Å². The first kappa shape index (κ1) is 20.2. The lowest BCUT2D eigenvalue weighted by Gasteiger charge is -2.37. The van der Waals surface area contributed by atoms with Gasteiger partial charge in [0.1, 0.15) is 0 Å². The van der Waals surface area contributed by atoms with E-state index < -0.39 is 0 Å². The molecular formula is C16H25Cl2N3O2. The van der Waals surface area contributed by atoms with Crippen molar-refractivity contribution in [1.29, 1.82) is 0 Å². The molecule has 1 aliphatic heterocycles. The number of carbonyl (C=O) groups excluding carboxylic acids is 1. The molecule has 23 heavy (non-hydrogen) atoms. The zero-order valence-electron chi connectivity index (χ0n) is 13.3. The maximum Gasteiger partial charge on any atom is 0.234 e. The molecule has 3 N–H and O–H groups in total. The summed E-state index contributed by atoms with van der Waals surface area (Å²) in [6.45, 7) is 2.28. The van der Waals surface area contributed by atoms with Crippen molar-refractivity contribution in [2.45, 2.75) is 31.5 Å². The Balaban J connectivity index is 0.00000264. The quantitative estimate of drug-likeness (QED) is 0.810. The third-order valence-corrected chi connectivity index (χ3v) is 4.40. The maximum atomic E-state index is 12.1. The van der Waals surface area contributed by atoms with Gasteiger partial charge in [-0.2, -0.15) is 0 Å². The van der Waals surface area contributed by atoms with Crippen LogP contribution in [0.5, 0.6) is 0 Å². The van der Waals surface area contributed by atoms with Crippen molar-refractivity contribution >= 4 is 29.9 Å². The molecule has 1 saturated heterocycles. The molecular weight excluding hydrogens is 337 g/mol. The van der Waals surface area contributed by atoms with Gasteiger partial charge in [-0.1, -0.05) is 23.7 Å². The van der Waals surface area contributed by atoms with Gasteiger partial charge in [0.25, 0.3) is 0 Å². The number of nitrogens with two attached hydrogens (primary N) is 1. The van der Waals surface area contributed by atoms with Crippen molar-refractivity contribution in [1.82, 2.24) is 10.2 Å². The Labute approximate surface area is 148 Å². The standard InChI is InChI=1S/C16H24ClN3O2.ClH/c1-22-15-6-7-20(14(8-15)9-18)11-16(21)19-10-12-2-4-13(17)5-3-12;/h2-5,14-15H,6-11,18H2,1H3,(H,19,21);1H. The van der Waals surface area contributed by atoms with Gasteiger partial charge in [-0.25, -0.2) is 0 Å². The summed E-state index contributed by atoms with van der Waals surface area (Å²) in [6, 6.07) is 7.68. The maximum absolute atomic E-state index is 12.1. The van der Waals surface area contributed by atoms with Crippen LogP contribution in [0.25, 0.3) is 0 Å². The number of hydrogen-bond donors (Lipinski definition) is 2. The Kier molecular flexibility index (Phi) is 8.87. The van der Waals surface area contributed by atoms with E-state index in [0.29, 0.717) is 24.7 Å². The summed E-state index contributed by atoms with van der Waals surface area (Å²) in [5.74, 6) is 0.0178. The van der Waals surface area contributed by atoms with Crippen LogP contribution in [-0.4, -0.2) is 49.7 Å². The average Bonchev–Trinajstić information content (AvgIpc) is 2.54. The van der Waals surface area contributed by atoms with Crippen molar-refractivity contribution in [3.63, 3.8) is 0 Å². The topological polar surface area (TPSA) is 67.6 Å². The summed E-state index contributed by atoms with van der Waals surface area (Å²) < 4.78 is 5.40. The molecule has 0 aliphatic carbocycles. The highest BCUT2D eigenvalue weighted by atomic mass is 35.5. The molecule has 1 aromatic carbocycles. The zero-order valence-corrected chi connectivity index (χ0v) is 14.9. The van der Waals surface area contributed by atoms with Crippen molar-refractivity contribution < 1.29 is 9.53 Å². The fourth-order valence-electron chi connectivity index (χ4n) is 2.77. The third kappa shape index (κ3) is 6.28. The molecule has 1 heterocycles. The van der Waals surface area contributed by atoms with Gasteiger partial charge in [-0.3, -0.25) is 9.69 Å². The van der Waals surface area contributed by atoms with Gasteiger partial charge in [-0.05, 0) is 30.5 Å². The highest BCUT2D eigenvalue weighted by molar-refractivity contribution is 6.30. The summed E-state index contributed by atoms with van der Waals surface area (Å²) in [6.07, 6.45) is 2.08. The minimum absolute atomic E-state index is 0. The normalized spacial score (nSPS) is 21.5. The molecule has 0 spiro atoms. The SMILES string of the molecule is COC1CCN(CC(=O)NCc2ccc(Cl)cc2)C(CN)C1.Cl. The summed E-state index contributed by atoms with van der Waals surface area (Å²) in [5.41, 5.74) is 6.86. The Hall–Kier alpha value is -0.850. The number of amides is 1. The van der Waals surface area contributed by atoms with Crippen LogP contribution in [0.2, 0.25) is 5.02 Å². The second-order valence-corrected chi connectivity index (χ2v) is 6.08. The molecule has 7 heteroatoms. The van der Waals surface area contributed by atoms with Gasteiger partial charge in [0.2, 0.25) is 5.91 Å². The summed E-state index contributed by atoms with van der Waals surface area (Å²) in [4.78, 5) is 14.3. The summed E-state index contributed by atoms with van der Waals surface area (Å²) in [5, 5.41) is 3.64. The van der Waals surface area contributed by atoms with Crippen molar-refractivity contribution in [2.75, 3.05) is 26.7 Å². The fraction of sp³-hybridized carbons (Fsp3) is 0.562. The third-order valence-electron chi connectivity index (χ3n) is 4.14. The van der Waals surface area contributed by atoms with Gasteiger partial charge in [0.05, 0.1) is 12.6 Å². The zero-order chi connectivity index (χ0) is 15.9. The average molecular weight is 362 g/mol. The van der Waals surface area contributed by atoms with Gasteiger partial charge in [0.15, 0.2) is 0 Å². The van der Waals surface area contributed by atoms with Gasteiger partial charge in [0, 0.05) is 37.8 Å². The van der Waals surface area contributed by atoms with Crippen LogP contribution in [0.1, 0.15) is 18.4 Å². The smallest absolute Gasteiger partial charge is 0.234 e. The monoisotopic (exact) mass is 361 g/mol. The predicted molar refractivity (Wildman–Crippen MR) is 95.0 cm³/mol. The van der Waals surface area contributed by atoms with Crippen LogP contribution in [0.3, 0.4) is 0 Å². The van der Waals surface area contributed by atoms with Crippen LogP contribution in [-0.2, 0) is 16.1 Å². The molecule has 0 radical (unpaired) electrons. The van der Waals surface area contributed by atoms with Crippen LogP contribution in [0.4, 0.5) is 0 Å². The molecule has 1 amide bonds.